The molecule has 0 saturated carbocycles. The monoisotopic (exact) mass is 703 g/mol. The van der Waals surface area contributed by atoms with Crippen molar-refractivity contribution in [2.45, 2.75) is 0 Å². The highest BCUT2D eigenvalue weighted by Gasteiger charge is 2.23. The zero-order valence-electron chi connectivity index (χ0n) is 29.8. The number of rotatable bonds is 6. The molecule has 0 fully saturated rings. The summed E-state index contributed by atoms with van der Waals surface area (Å²) in [6.45, 7) is 0. The molecule has 55 heavy (non-hydrogen) atoms. The highest BCUT2D eigenvalue weighted by atomic mass is 16.3. The van der Waals surface area contributed by atoms with E-state index >= 15 is 0 Å². The van der Waals surface area contributed by atoms with Crippen molar-refractivity contribution in [3.05, 3.63) is 200 Å². The van der Waals surface area contributed by atoms with Gasteiger partial charge in [0.15, 0.2) is 0 Å². The minimum atomic E-state index is 0.816. The summed E-state index contributed by atoms with van der Waals surface area (Å²) in [6.07, 6.45) is 0. The molecule has 0 aliphatic heterocycles. The summed E-state index contributed by atoms with van der Waals surface area (Å²) >= 11 is 0. The molecule has 0 aliphatic rings. The Balaban J connectivity index is 1.14. The Hall–Kier alpha value is -7.36. The molecule has 0 aliphatic carbocycles. The number of nitrogens with zero attached hydrogens (tertiary/aromatic N) is 1. The Bertz CT molecular complexity index is 3190. The van der Waals surface area contributed by atoms with Crippen molar-refractivity contribution in [2.75, 3.05) is 4.90 Å². The van der Waals surface area contributed by atoms with Gasteiger partial charge in [-0.1, -0.05) is 146 Å². The van der Waals surface area contributed by atoms with Gasteiger partial charge < -0.3 is 13.7 Å². The van der Waals surface area contributed by atoms with Crippen LogP contribution in [0, 0.1) is 0 Å². The summed E-state index contributed by atoms with van der Waals surface area (Å²) in [5.41, 5.74) is 13.4. The number of para-hydroxylation sites is 1. The van der Waals surface area contributed by atoms with Crippen LogP contribution in [0.4, 0.5) is 17.1 Å². The smallest absolute Gasteiger partial charge is 0.144 e. The molecular weight excluding hydrogens is 671 g/mol. The largest absolute Gasteiger partial charge is 0.456 e. The van der Waals surface area contributed by atoms with Crippen molar-refractivity contribution < 1.29 is 8.83 Å². The normalized spacial score (nSPS) is 11.6. The van der Waals surface area contributed by atoms with Gasteiger partial charge in [-0.15, -0.1) is 0 Å². The number of benzene rings is 9. The molecule has 0 atom stereocenters. The van der Waals surface area contributed by atoms with E-state index in [1.807, 2.05) is 12.1 Å². The van der Waals surface area contributed by atoms with E-state index in [2.05, 4.69) is 193 Å². The Kier molecular flexibility index (Phi) is 7.17. The first-order chi connectivity index (χ1) is 27.3. The minimum Gasteiger partial charge on any atom is -0.456 e. The lowest BCUT2D eigenvalue weighted by molar-refractivity contribution is 0.664. The van der Waals surface area contributed by atoms with Gasteiger partial charge in [-0.2, -0.15) is 0 Å². The molecular formula is C52H33NO2. The second kappa shape index (κ2) is 12.6. The first-order valence-corrected chi connectivity index (χ1v) is 18.7. The molecule has 11 rings (SSSR count). The van der Waals surface area contributed by atoms with E-state index in [4.69, 9.17) is 8.83 Å². The Morgan fingerprint density at radius 1 is 0.327 bits per heavy atom. The van der Waals surface area contributed by atoms with Crippen LogP contribution >= 0.6 is 0 Å². The molecule has 0 spiro atoms. The molecule has 0 radical (unpaired) electrons. The second-order valence-corrected chi connectivity index (χ2v) is 14.1. The fourth-order valence-corrected chi connectivity index (χ4v) is 8.27. The van der Waals surface area contributed by atoms with Gasteiger partial charge in [-0.3, -0.25) is 0 Å². The molecule has 2 heterocycles. The van der Waals surface area contributed by atoms with Crippen LogP contribution < -0.4 is 4.90 Å². The molecule has 11 aromatic rings. The van der Waals surface area contributed by atoms with E-state index in [-0.39, 0.29) is 0 Å². The quantitative estimate of drug-likeness (QED) is 0.173. The standard InChI is InChI=1S/C52H33NO2/c1-3-13-34(14-4-1)36-25-27-40(28-26-36)53(46-23-12-18-37-17-7-8-21-42(37)46)41-29-30-43-45-33-49-51(44-22-9-10-24-47(44)54-49)50(52(45)55-48(43)32-41)39-20-11-19-38(31-39)35-15-5-2-6-16-35/h1-33H. The van der Waals surface area contributed by atoms with E-state index in [1.165, 1.54) is 27.5 Å². The molecule has 3 nitrogen and oxygen atoms in total. The van der Waals surface area contributed by atoms with Crippen molar-refractivity contribution in [1.82, 2.24) is 0 Å². The summed E-state index contributed by atoms with van der Waals surface area (Å²) in [4.78, 5) is 2.34. The second-order valence-electron chi connectivity index (χ2n) is 14.1. The zero-order valence-corrected chi connectivity index (χ0v) is 29.8. The van der Waals surface area contributed by atoms with Crippen LogP contribution in [0.1, 0.15) is 0 Å². The highest BCUT2D eigenvalue weighted by Crippen LogP contribution is 2.47. The fraction of sp³-hybridized carbons (Fsp3) is 0. The van der Waals surface area contributed by atoms with Crippen LogP contribution in [0.2, 0.25) is 0 Å². The Morgan fingerprint density at radius 3 is 1.76 bits per heavy atom. The van der Waals surface area contributed by atoms with Gasteiger partial charge in [0.2, 0.25) is 0 Å². The van der Waals surface area contributed by atoms with Gasteiger partial charge >= 0.3 is 0 Å². The molecule has 3 heteroatoms. The van der Waals surface area contributed by atoms with Gasteiger partial charge in [0.1, 0.15) is 22.3 Å². The van der Waals surface area contributed by atoms with E-state index in [0.717, 1.165) is 77.6 Å². The van der Waals surface area contributed by atoms with Crippen LogP contribution in [-0.4, -0.2) is 0 Å². The predicted molar refractivity (Wildman–Crippen MR) is 229 cm³/mol. The maximum Gasteiger partial charge on any atom is 0.144 e. The van der Waals surface area contributed by atoms with Crippen LogP contribution in [-0.2, 0) is 0 Å². The van der Waals surface area contributed by atoms with Crippen LogP contribution in [0.25, 0.3) is 88.0 Å². The van der Waals surface area contributed by atoms with Crippen LogP contribution in [0.3, 0.4) is 0 Å². The van der Waals surface area contributed by atoms with Gasteiger partial charge in [-0.25, -0.2) is 0 Å². The van der Waals surface area contributed by atoms with Crippen LogP contribution in [0.15, 0.2) is 209 Å². The van der Waals surface area contributed by atoms with Crippen molar-refractivity contribution in [3.63, 3.8) is 0 Å². The average molecular weight is 704 g/mol. The number of hydrogen-bond acceptors (Lipinski definition) is 3. The summed E-state index contributed by atoms with van der Waals surface area (Å²) in [5.74, 6) is 0. The summed E-state index contributed by atoms with van der Waals surface area (Å²) in [5, 5.41) is 6.56. The topological polar surface area (TPSA) is 29.5 Å². The third-order valence-electron chi connectivity index (χ3n) is 10.8. The molecule has 0 amide bonds. The number of hydrogen-bond donors (Lipinski definition) is 0. The summed E-state index contributed by atoms with van der Waals surface area (Å²) < 4.78 is 13.6. The molecule has 0 N–H and O–H groups in total. The van der Waals surface area contributed by atoms with E-state index in [1.54, 1.807) is 0 Å². The zero-order chi connectivity index (χ0) is 36.3. The first-order valence-electron chi connectivity index (χ1n) is 18.7. The summed E-state index contributed by atoms with van der Waals surface area (Å²) in [6, 6.07) is 70.8. The SMILES string of the molecule is c1ccc(-c2ccc(N(c3ccc4c(c3)oc3c(-c5cccc(-c6ccccc6)c5)c5c(cc34)oc3ccccc35)c3cccc4ccccc34)cc2)cc1. The van der Waals surface area contributed by atoms with Gasteiger partial charge in [0.05, 0.1) is 5.69 Å². The van der Waals surface area contributed by atoms with Gasteiger partial charge in [0, 0.05) is 49.9 Å². The Morgan fingerprint density at radius 2 is 0.945 bits per heavy atom. The van der Waals surface area contributed by atoms with Crippen molar-refractivity contribution >= 4 is 71.7 Å². The first kappa shape index (κ1) is 31.2. The molecule has 0 bridgehead atoms. The molecule has 258 valence electrons. The fourth-order valence-electron chi connectivity index (χ4n) is 8.27. The van der Waals surface area contributed by atoms with Gasteiger partial charge in [0.25, 0.3) is 0 Å². The van der Waals surface area contributed by atoms with Crippen molar-refractivity contribution in [3.8, 4) is 33.4 Å². The van der Waals surface area contributed by atoms with E-state index in [9.17, 15) is 0 Å². The highest BCUT2D eigenvalue weighted by molar-refractivity contribution is 6.23. The average Bonchev–Trinajstić information content (AvgIpc) is 3.81. The number of furan rings is 2. The predicted octanol–water partition coefficient (Wildman–Crippen LogP) is 15.1. The van der Waals surface area contributed by atoms with E-state index < -0.39 is 0 Å². The summed E-state index contributed by atoms with van der Waals surface area (Å²) in [7, 11) is 0. The minimum absolute atomic E-state index is 0.816. The third-order valence-corrected chi connectivity index (χ3v) is 10.8. The van der Waals surface area contributed by atoms with E-state index in [0.29, 0.717) is 0 Å². The van der Waals surface area contributed by atoms with Gasteiger partial charge in [-0.05, 0) is 81.7 Å². The lowest BCUT2D eigenvalue weighted by atomic mass is 9.94. The Labute approximate surface area is 317 Å². The number of fused-ring (bicyclic) bond motifs is 7. The van der Waals surface area contributed by atoms with Crippen molar-refractivity contribution in [1.29, 1.82) is 0 Å². The van der Waals surface area contributed by atoms with Crippen LogP contribution in [0.5, 0.6) is 0 Å². The van der Waals surface area contributed by atoms with Crippen molar-refractivity contribution in [2.24, 2.45) is 0 Å². The molecule has 9 aromatic carbocycles. The lowest BCUT2D eigenvalue weighted by Crippen LogP contribution is -2.10. The maximum atomic E-state index is 7.07. The third kappa shape index (κ3) is 5.20. The molecule has 2 aromatic heterocycles. The maximum absolute atomic E-state index is 7.07. The molecule has 0 saturated heterocycles. The lowest BCUT2D eigenvalue weighted by Gasteiger charge is -2.27. The number of anilines is 3. The molecule has 0 unspecified atom stereocenters.